The highest BCUT2D eigenvalue weighted by Gasteiger charge is 2.43. The van der Waals surface area contributed by atoms with Gasteiger partial charge < -0.3 is 10.0 Å². The van der Waals surface area contributed by atoms with Gasteiger partial charge in [-0.1, -0.05) is 18.2 Å². The Balaban J connectivity index is 1.88. The number of hydrogen-bond donors (Lipinski definition) is 1. The number of piperazine rings is 1. The summed E-state index contributed by atoms with van der Waals surface area (Å²) in [5.74, 6) is -1.12. The third-order valence-electron chi connectivity index (χ3n) is 4.43. The van der Waals surface area contributed by atoms with Crippen molar-refractivity contribution in [1.82, 2.24) is 9.21 Å². The fourth-order valence-corrected chi connectivity index (χ4v) is 4.58. The number of sulfonamides is 1. The molecule has 1 N–H and O–H groups in total. The maximum absolute atomic E-state index is 12.8. The maximum Gasteiger partial charge on any atom is 0.305 e. The van der Waals surface area contributed by atoms with Gasteiger partial charge >= 0.3 is 5.97 Å². The fourth-order valence-electron chi connectivity index (χ4n) is 2.98. The summed E-state index contributed by atoms with van der Waals surface area (Å²) in [7, 11) is -3.90. The number of carbonyl (C=O) groups excluding carboxylic acids is 1. The van der Waals surface area contributed by atoms with Gasteiger partial charge in [-0.25, -0.2) is 8.42 Å². The number of amides is 1. The summed E-state index contributed by atoms with van der Waals surface area (Å²) in [5, 5.41) is 9.13. The van der Waals surface area contributed by atoms with E-state index in [1.165, 1.54) is 12.1 Å². The Kier molecular flexibility index (Phi) is 4.60. The van der Waals surface area contributed by atoms with Crippen LogP contribution >= 0.6 is 0 Å². The van der Waals surface area contributed by atoms with Gasteiger partial charge in [0.25, 0.3) is 0 Å². The van der Waals surface area contributed by atoms with Crippen LogP contribution < -0.4 is 0 Å². The summed E-state index contributed by atoms with van der Waals surface area (Å²) < 4.78 is 26.7. The second-order valence-electron chi connectivity index (χ2n) is 6.27. The van der Waals surface area contributed by atoms with Crippen molar-refractivity contribution in [2.24, 2.45) is 5.92 Å². The minimum absolute atomic E-state index is 0.0730. The highest BCUT2D eigenvalue weighted by molar-refractivity contribution is 7.89. The lowest BCUT2D eigenvalue weighted by Gasteiger charge is -2.39. The molecule has 1 saturated carbocycles. The van der Waals surface area contributed by atoms with Gasteiger partial charge in [-0.15, -0.1) is 0 Å². The third-order valence-corrected chi connectivity index (χ3v) is 6.35. The molecule has 0 bridgehead atoms. The SMILES string of the molecule is O=C(O)CC1C(=O)N(CC2CC2)CCN1S(=O)(=O)c1ccccc1. The van der Waals surface area contributed by atoms with E-state index in [-0.39, 0.29) is 11.4 Å². The molecule has 1 aromatic rings. The van der Waals surface area contributed by atoms with Gasteiger partial charge in [0, 0.05) is 19.6 Å². The van der Waals surface area contributed by atoms with Crippen molar-refractivity contribution in [2.45, 2.75) is 30.2 Å². The van der Waals surface area contributed by atoms with Gasteiger partial charge in [-0.05, 0) is 30.9 Å². The average Bonchev–Trinajstić information content (AvgIpc) is 3.35. The standard InChI is InChI=1S/C16H20N2O5S/c19-15(20)10-14-16(21)17(11-12-6-7-12)8-9-18(14)24(22,23)13-4-2-1-3-5-13/h1-5,12,14H,6-11H2,(H,19,20). The van der Waals surface area contributed by atoms with Crippen LogP contribution in [0.1, 0.15) is 19.3 Å². The Morgan fingerprint density at radius 2 is 1.83 bits per heavy atom. The summed E-state index contributed by atoms with van der Waals surface area (Å²) in [6.07, 6.45) is 1.62. The van der Waals surface area contributed by atoms with Crippen LogP contribution in [0.25, 0.3) is 0 Å². The number of carbonyl (C=O) groups is 2. The molecular weight excluding hydrogens is 332 g/mol. The smallest absolute Gasteiger partial charge is 0.305 e. The third kappa shape index (κ3) is 3.44. The van der Waals surface area contributed by atoms with Crippen LogP contribution in [0, 0.1) is 5.92 Å². The predicted molar refractivity (Wildman–Crippen MR) is 85.7 cm³/mol. The number of rotatable bonds is 6. The highest BCUT2D eigenvalue weighted by atomic mass is 32.2. The van der Waals surface area contributed by atoms with Crippen molar-refractivity contribution >= 4 is 21.9 Å². The molecule has 3 rings (SSSR count). The van der Waals surface area contributed by atoms with Crippen molar-refractivity contribution in [2.75, 3.05) is 19.6 Å². The molecule has 0 spiro atoms. The Morgan fingerprint density at radius 1 is 1.17 bits per heavy atom. The first kappa shape index (κ1) is 16.9. The lowest BCUT2D eigenvalue weighted by molar-refractivity contribution is -0.146. The van der Waals surface area contributed by atoms with E-state index in [0.717, 1.165) is 17.1 Å². The van der Waals surface area contributed by atoms with E-state index in [0.29, 0.717) is 19.0 Å². The van der Waals surface area contributed by atoms with Crippen molar-refractivity contribution in [3.05, 3.63) is 30.3 Å². The Bertz CT molecular complexity index is 730. The van der Waals surface area contributed by atoms with Crippen LogP contribution in [0.5, 0.6) is 0 Å². The number of carboxylic acid groups (broad SMARTS) is 1. The van der Waals surface area contributed by atoms with Gasteiger partial charge in [0.15, 0.2) is 0 Å². The van der Waals surface area contributed by atoms with E-state index >= 15 is 0 Å². The molecule has 2 fully saturated rings. The van der Waals surface area contributed by atoms with Gasteiger partial charge in [-0.2, -0.15) is 4.31 Å². The Labute approximate surface area is 140 Å². The number of carboxylic acids is 1. The summed E-state index contributed by atoms with van der Waals surface area (Å²) in [6.45, 7) is 1.01. The molecule has 2 aliphatic rings. The zero-order chi connectivity index (χ0) is 17.3. The van der Waals surface area contributed by atoms with E-state index < -0.39 is 34.4 Å². The van der Waals surface area contributed by atoms with Gasteiger partial charge in [-0.3, -0.25) is 9.59 Å². The van der Waals surface area contributed by atoms with Crippen molar-refractivity contribution in [1.29, 1.82) is 0 Å². The molecule has 1 saturated heterocycles. The van der Waals surface area contributed by atoms with Gasteiger partial charge in [0.1, 0.15) is 6.04 Å². The zero-order valence-corrected chi connectivity index (χ0v) is 14.0. The van der Waals surface area contributed by atoms with Crippen molar-refractivity contribution in [3.8, 4) is 0 Å². The Morgan fingerprint density at radius 3 is 2.42 bits per heavy atom. The topological polar surface area (TPSA) is 95.0 Å². The number of nitrogens with zero attached hydrogens (tertiary/aromatic N) is 2. The largest absolute Gasteiger partial charge is 0.481 e. The first-order valence-electron chi connectivity index (χ1n) is 7.97. The molecule has 0 radical (unpaired) electrons. The van der Waals surface area contributed by atoms with Crippen LogP contribution in [0.3, 0.4) is 0 Å². The van der Waals surface area contributed by atoms with Gasteiger partial charge in [0.2, 0.25) is 15.9 Å². The molecule has 1 heterocycles. The molecule has 24 heavy (non-hydrogen) atoms. The summed E-state index contributed by atoms with van der Waals surface area (Å²) in [5.41, 5.74) is 0. The number of benzene rings is 1. The van der Waals surface area contributed by atoms with Crippen molar-refractivity contribution in [3.63, 3.8) is 0 Å². The molecule has 1 unspecified atom stereocenters. The van der Waals surface area contributed by atoms with Crippen LogP contribution in [0.2, 0.25) is 0 Å². The van der Waals surface area contributed by atoms with E-state index in [9.17, 15) is 18.0 Å². The summed E-state index contributed by atoms with van der Waals surface area (Å²) in [4.78, 5) is 25.5. The molecule has 1 atom stereocenters. The van der Waals surface area contributed by atoms with E-state index in [1.54, 1.807) is 23.1 Å². The molecule has 8 heteroatoms. The average molecular weight is 352 g/mol. The van der Waals surface area contributed by atoms with Gasteiger partial charge in [0.05, 0.1) is 11.3 Å². The van der Waals surface area contributed by atoms with Crippen molar-refractivity contribution < 1.29 is 23.1 Å². The summed E-state index contributed by atoms with van der Waals surface area (Å²) >= 11 is 0. The number of aliphatic carboxylic acids is 1. The lowest BCUT2D eigenvalue weighted by atomic mass is 10.1. The molecule has 1 aliphatic heterocycles. The minimum Gasteiger partial charge on any atom is -0.481 e. The highest BCUT2D eigenvalue weighted by Crippen LogP contribution is 2.32. The molecule has 0 aromatic heterocycles. The number of hydrogen-bond acceptors (Lipinski definition) is 4. The quantitative estimate of drug-likeness (QED) is 0.816. The molecule has 1 aliphatic carbocycles. The second kappa shape index (κ2) is 6.52. The lowest BCUT2D eigenvalue weighted by Crippen LogP contribution is -2.59. The molecule has 1 aromatic carbocycles. The van der Waals surface area contributed by atoms with E-state index in [4.69, 9.17) is 5.11 Å². The Hall–Kier alpha value is -1.93. The first-order valence-corrected chi connectivity index (χ1v) is 9.41. The van der Waals surface area contributed by atoms with E-state index in [2.05, 4.69) is 0 Å². The second-order valence-corrected chi connectivity index (χ2v) is 8.16. The van der Waals surface area contributed by atoms with Crippen LogP contribution in [0.15, 0.2) is 35.2 Å². The van der Waals surface area contributed by atoms with Crippen LogP contribution in [-0.4, -0.2) is 60.3 Å². The molecule has 1 amide bonds. The predicted octanol–water partition coefficient (Wildman–Crippen LogP) is 0.773. The van der Waals surface area contributed by atoms with E-state index in [1.807, 2.05) is 0 Å². The van der Waals surface area contributed by atoms with Crippen LogP contribution in [0.4, 0.5) is 0 Å². The molecular formula is C16H20N2O5S. The maximum atomic E-state index is 12.8. The summed E-state index contributed by atoms with van der Waals surface area (Å²) in [6, 6.07) is 6.63. The minimum atomic E-state index is -3.90. The monoisotopic (exact) mass is 352 g/mol. The zero-order valence-electron chi connectivity index (χ0n) is 13.2. The molecule has 7 nitrogen and oxygen atoms in total. The fraction of sp³-hybridized carbons (Fsp3) is 0.500. The van der Waals surface area contributed by atoms with Crippen LogP contribution in [-0.2, 0) is 19.6 Å². The molecule has 130 valence electrons. The first-order chi connectivity index (χ1) is 11.4. The normalized spacial score (nSPS) is 22.6.